The normalized spacial score (nSPS) is 13.6. The number of nitrogens with two attached hydrogens (primary N) is 1. The number of aromatic nitrogens is 2. The van der Waals surface area contributed by atoms with Gasteiger partial charge in [-0.25, -0.2) is 4.98 Å². The summed E-state index contributed by atoms with van der Waals surface area (Å²) in [5.41, 5.74) is 7.04. The van der Waals surface area contributed by atoms with Gasteiger partial charge in [-0.3, -0.25) is 19.0 Å². The summed E-state index contributed by atoms with van der Waals surface area (Å²) in [7, 11) is 0. The average Bonchev–Trinajstić information content (AvgIpc) is 2.94. The van der Waals surface area contributed by atoms with Gasteiger partial charge in [0.1, 0.15) is 5.82 Å². The topological polar surface area (TPSA) is 107 Å². The molecule has 1 aromatic heterocycles. The lowest BCUT2D eigenvalue weighted by molar-refractivity contribution is 0.0998. The molecule has 7 heteroatoms. The van der Waals surface area contributed by atoms with Gasteiger partial charge in [0.2, 0.25) is 5.91 Å². The standard InChI is InChI=1S/C21H20N4O3/c22-19(26)13-5-8-15(9-6-13)23-20(27)14-7-10-16-17(12-14)24-18-4-2-1-3-11-25(18)21(16)28/h5-10,12H,1-4,11H2,(H2,22,26)(H,23,27). The smallest absolute Gasteiger partial charge is 0.261 e. The summed E-state index contributed by atoms with van der Waals surface area (Å²) in [6.07, 6.45) is 3.85. The molecule has 0 spiro atoms. The first-order chi connectivity index (χ1) is 13.5. The van der Waals surface area contributed by atoms with Crippen LogP contribution in [0.3, 0.4) is 0 Å². The number of aryl methyl sites for hydroxylation is 1. The molecular formula is C21H20N4O3. The highest BCUT2D eigenvalue weighted by Gasteiger charge is 2.15. The third-order valence-corrected chi connectivity index (χ3v) is 5.01. The van der Waals surface area contributed by atoms with Crippen molar-refractivity contribution in [3.8, 4) is 0 Å². The second-order valence-corrected chi connectivity index (χ2v) is 6.92. The van der Waals surface area contributed by atoms with E-state index >= 15 is 0 Å². The van der Waals surface area contributed by atoms with E-state index in [0.29, 0.717) is 34.3 Å². The molecule has 3 N–H and O–H groups in total. The Labute approximate surface area is 161 Å². The highest BCUT2D eigenvalue weighted by atomic mass is 16.2. The molecule has 0 saturated heterocycles. The van der Waals surface area contributed by atoms with Gasteiger partial charge in [-0.2, -0.15) is 0 Å². The van der Waals surface area contributed by atoms with E-state index in [1.807, 2.05) is 0 Å². The molecule has 1 aliphatic rings. The molecule has 0 atom stereocenters. The first-order valence-corrected chi connectivity index (χ1v) is 9.27. The number of fused-ring (bicyclic) bond motifs is 2. The predicted octanol–water partition coefficient (Wildman–Crippen LogP) is 2.47. The van der Waals surface area contributed by atoms with E-state index in [1.165, 1.54) is 0 Å². The van der Waals surface area contributed by atoms with Crippen molar-refractivity contribution in [1.82, 2.24) is 9.55 Å². The number of nitrogens with zero attached hydrogens (tertiary/aromatic N) is 2. The summed E-state index contributed by atoms with van der Waals surface area (Å²) in [5, 5.41) is 3.30. The number of carbonyl (C=O) groups excluding carboxylic acids is 2. The Bertz CT molecular complexity index is 1130. The van der Waals surface area contributed by atoms with E-state index in [1.54, 1.807) is 47.0 Å². The zero-order valence-corrected chi connectivity index (χ0v) is 15.3. The van der Waals surface area contributed by atoms with Crippen LogP contribution in [0.1, 0.15) is 45.8 Å². The van der Waals surface area contributed by atoms with E-state index in [9.17, 15) is 14.4 Å². The Morgan fingerprint density at radius 1 is 1.00 bits per heavy atom. The number of hydrogen-bond donors (Lipinski definition) is 2. The van der Waals surface area contributed by atoms with Crippen LogP contribution in [-0.4, -0.2) is 21.4 Å². The number of benzene rings is 2. The van der Waals surface area contributed by atoms with Gasteiger partial charge in [-0.1, -0.05) is 6.42 Å². The zero-order chi connectivity index (χ0) is 19.7. The lowest BCUT2D eigenvalue weighted by Gasteiger charge is -2.11. The number of amides is 2. The summed E-state index contributed by atoms with van der Waals surface area (Å²) in [6, 6.07) is 11.3. The Morgan fingerprint density at radius 2 is 1.75 bits per heavy atom. The van der Waals surface area contributed by atoms with Crippen LogP contribution in [0.15, 0.2) is 47.3 Å². The van der Waals surface area contributed by atoms with E-state index < -0.39 is 5.91 Å². The quantitative estimate of drug-likeness (QED) is 0.732. The van der Waals surface area contributed by atoms with Gasteiger partial charge < -0.3 is 11.1 Å². The summed E-state index contributed by atoms with van der Waals surface area (Å²) in [6.45, 7) is 0.695. The Balaban J connectivity index is 1.64. The molecule has 142 valence electrons. The lowest BCUT2D eigenvalue weighted by Crippen LogP contribution is -2.24. The van der Waals surface area contributed by atoms with Gasteiger partial charge in [-0.05, 0) is 55.3 Å². The largest absolute Gasteiger partial charge is 0.366 e. The molecule has 4 rings (SSSR count). The number of anilines is 1. The third kappa shape index (κ3) is 3.38. The van der Waals surface area contributed by atoms with Crippen molar-refractivity contribution in [2.24, 2.45) is 5.73 Å². The molecule has 7 nitrogen and oxygen atoms in total. The molecule has 0 saturated carbocycles. The maximum atomic E-state index is 12.8. The van der Waals surface area contributed by atoms with Crippen molar-refractivity contribution < 1.29 is 9.59 Å². The summed E-state index contributed by atoms with van der Waals surface area (Å²) in [4.78, 5) is 41.1. The number of primary amides is 1. The number of nitrogens with one attached hydrogen (secondary N) is 1. The highest BCUT2D eigenvalue weighted by molar-refractivity contribution is 6.06. The van der Waals surface area contributed by atoms with Crippen LogP contribution in [-0.2, 0) is 13.0 Å². The fraction of sp³-hybridized carbons (Fsp3) is 0.238. The van der Waals surface area contributed by atoms with Crippen molar-refractivity contribution in [3.05, 3.63) is 69.8 Å². The van der Waals surface area contributed by atoms with Gasteiger partial charge in [0.05, 0.1) is 10.9 Å². The van der Waals surface area contributed by atoms with Crippen LogP contribution in [0.5, 0.6) is 0 Å². The molecular weight excluding hydrogens is 356 g/mol. The predicted molar refractivity (Wildman–Crippen MR) is 106 cm³/mol. The molecule has 0 radical (unpaired) electrons. The number of hydrogen-bond acceptors (Lipinski definition) is 4. The van der Waals surface area contributed by atoms with E-state index in [4.69, 9.17) is 5.73 Å². The van der Waals surface area contributed by atoms with Gasteiger partial charge >= 0.3 is 0 Å². The fourth-order valence-electron chi connectivity index (χ4n) is 3.48. The summed E-state index contributed by atoms with van der Waals surface area (Å²) in [5.74, 6) is -0.0518. The monoisotopic (exact) mass is 376 g/mol. The van der Waals surface area contributed by atoms with Gasteiger partial charge in [0.15, 0.2) is 0 Å². The Kier molecular flexibility index (Phi) is 4.65. The van der Waals surface area contributed by atoms with Crippen LogP contribution in [0.25, 0.3) is 10.9 Å². The number of carbonyl (C=O) groups is 2. The van der Waals surface area contributed by atoms with Crippen molar-refractivity contribution in [1.29, 1.82) is 0 Å². The van der Waals surface area contributed by atoms with E-state index in [2.05, 4.69) is 10.3 Å². The molecule has 2 heterocycles. The molecule has 0 bridgehead atoms. The molecule has 2 aromatic carbocycles. The first kappa shape index (κ1) is 17.9. The summed E-state index contributed by atoms with van der Waals surface area (Å²) < 4.78 is 1.76. The lowest BCUT2D eigenvalue weighted by atomic mass is 10.1. The molecule has 0 unspecified atom stereocenters. The Hall–Kier alpha value is -3.48. The number of rotatable bonds is 3. The molecule has 0 aliphatic carbocycles. The first-order valence-electron chi connectivity index (χ1n) is 9.27. The van der Waals surface area contributed by atoms with Crippen molar-refractivity contribution in [3.63, 3.8) is 0 Å². The van der Waals surface area contributed by atoms with Crippen molar-refractivity contribution in [2.75, 3.05) is 5.32 Å². The average molecular weight is 376 g/mol. The Morgan fingerprint density at radius 3 is 2.50 bits per heavy atom. The highest BCUT2D eigenvalue weighted by Crippen LogP contribution is 2.17. The van der Waals surface area contributed by atoms with Crippen molar-refractivity contribution in [2.45, 2.75) is 32.2 Å². The van der Waals surface area contributed by atoms with Crippen molar-refractivity contribution >= 4 is 28.4 Å². The fourth-order valence-corrected chi connectivity index (χ4v) is 3.48. The minimum atomic E-state index is -0.524. The maximum Gasteiger partial charge on any atom is 0.261 e. The van der Waals surface area contributed by atoms with Crippen LogP contribution >= 0.6 is 0 Å². The molecule has 2 amide bonds. The minimum absolute atomic E-state index is 0.0455. The molecule has 1 aliphatic heterocycles. The van der Waals surface area contributed by atoms with Crippen LogP contribution in [0.4, 0.5) is 5.69 Å². The van der Waals surface area contributed by atoms with Crippen LogP contribution < -0.4 is 16.6 Å². The van der Waals surface area contributed by atoms with E-state index in [-0.39, 0.29) is 11.5 Å². The minimum Gasteiger partial charge on any atom is -0.366 e. The molecule has 0 fully saturated rings. The molecule has 28 heavy (non-hydrogen) atoms. The SMILES string of the molecule is NC(=O)c1ccc(NC(=O)c2ccc3c(=O)n4c(nc3c2)CCCCC4)cc1. The van der Waals surface area contributed by atoms with E-state index in [0.717, 1.165) is 31.5 Å². The third-order valence-electron chi connectivity index (χ3n) is 5.01. The van der Waals surface area contributed by atoms with Gasteiger partial charge in [-0.15, -0.1) is 0 Å². The van der Waals surface area contributed by atoms with Gasteiger partial charge in [0.25, 0.3) is 11.5 Å². The van der Waals surface area contributed by atoms with Gasteiger partial charge in [0, 0.05) is 29.8 Å². The maximum absolute atomic E-state index is 12.8. The molecule has 3 aromatic rings. The second kappa shape index (κ2) is 7.26. The zero-order valence-electron chi connectivity index (χ0n) is 15.3. The van der Waals surface area contributed by atoms with Crippen LogP contribution in [0, 0.1) is 0 Å². The summed E-state index contributed by atoms with van der Waals surface area (Å²) >= 11 is 0. The van der Waals surface area contributed by atoms with Crippen LogP contribution in [0.2, 0.25) is 0 Å². The second-order valence-electron chi connectivity index (χ2n) is 6.92.